The van der Waals surface area contributed by atoms with Crippen molar-refractivity contribution in [2.45, 2.75) is 26.4 Å². The van der Waals surface area contributed by atoms with E-state index in [-0.39, 0.29) is 12.0 Å². The Morgan fingerprint density at radius 3 is 2.70 bits per heavy atom. The van der Waals surface area contributed by atoms with E-state index in [0.717, 1.165) is 10.9 Å². The summed E-state index contributed by atoms with van der Waals surface area (Å²) < 4.78 is 11.7. The van der Waals surface area contributed by atoms with Crippen LogP contribution in [-0.2, 0) is 0 Å². The fourth-order valence-electron chi connectivity index (χ4n) is 1.97. The van der Waals surface area contributed by atoms with E-state index in [1.165, 1.54) is 0 Å². The molecule has 1 amide bonds. The van der Waals surface area contributed by atoms with Gasteiger partial charge < -0.3 is 14.8 Å². The minimum atomic E-state index is -0.184. The quantitative estimate of drug-likeness (QED) is 0.779. The molecule has 4 nitrogen and oxygen atoms in total. The third-order valence-electron chi connectivity index (χ3n) is 3.42. The normalized spacial score (nSPS) is 11.7. The fraction of sp³-hybridized carbons (Fsp3) is 0.278. The summed E-state index contributed by atoms with van der Waals surface area (Å²) in [6.07, 6.45) is 1.03. The Hall–Kier alpha value is -2.01. The molecule has 0 spiro atoms. The first kappa shape index (κ1) is 17.3. The molecule has 0 radical (unpaired) electrons. The maximum atomic E-state index is 12.4. The molecule has 1 atom stereocenters. The van der Waals surface area contributed by atoms with Crippen LogP contribution < -0.4 is 14.8 Å². The number of nitrogens with one attached hydrogen (secondary N) is 1. The van der Waals surface area contributed by atoms with Crippen LogP contribution in [0.1, 0.15) is 30.6 Å². The lowest BCUT2D eigenvalue weighted by molar-refractivity contribution is 0.102. The second-order valence-electron chi connectivity index (χ2n) is 5.17. The van der Waals surface area contributed by atoms with Crippen LogP contribution in [0.2, 0.25) is 0 Å². The van der Waals surface area contributed by atoms with Gasteiger partial charge in [-0.05, 0) is 65.7 Å². The molecule has 0 aliphatic heterocycles. The number of amides is 1. The number of hydrogen-bond donors (Lipinski definition) is 1. The van der Waals surface area contributed by atoms with Crippen molar-refractivity contribution in [2.75, 3.05) is 12.4 Å². The molecule has 122 valence electrons. The number of carbonyl (C=O) groups excluding carboxylic acids is 1. The third kappa shape index (κ3) is 4.73. The molecule has 0 aliphatic rings. The molecule has 0 saturated heterocycles. The zero-order valence-electron chi connectivity index (χ0n) is 13.4. The summed E-state index contributed by atoms with van der Waals surface area (Å²) in [5.41, 5.74) is 1.24. The average Bonchev–Trinajstić information content (AvgIpc) is 2.55. The van der Waals surface area contributed by atoms with E-state index in [1.54, 1.807) is 37.4 Å². The van der Waals surface area contributed by atoms with Crippen LogP contribution in [0.25, 0.3) is 0 Å². The van der Waals surface area contributed by atoms with Gasteiger partial charge in [-0.15, -0.1) is 0 Å². The molecular weight excluding hydrogens is 358 g/mol. The van der Waals surface area contributed by atoms with E-state index in [9.17, 15) is 4.79 Å². The molecule has 0 bridgehead atoms. The fourth-order valence-corrected chi connectivity index (χ4v) is 2.51. The minimum absolute atomic E-state index is 0.117. The summed E-state index contributed by atoms with van der Waals surface area (Å²) in [6, 6.07) is 12.6. The molecule has 2 aromatic carbocycles. The molecule has 0 saturated carbocycles. The predicted octanol–water partition coefficient (Wildman–Crippen LogP) is 4.89. The molecule has 0 aliphatic carbocycles. The van der Waals surface area contributed by atoms with Crippen LogP contribution in [0.4, 0.5) is 5.69 Å². The monoisotopic (exact) mass is 377 g/mol. The van der Waals surface area contributed by atoms with Gasteiger partial charge in [-0.1, -0.05) is 13.0 Å². The summed E-state index contributed by atoms with van der Waals surface area (Å²) in [6.45, 7) is 4.06. The Morgan fingerprint density at radius 2 is 2.04 bits per heavy atom. The smallest absolute Gasteiger partial charge is 0.255 e. The molecule has 2 aromatic rings. The van der Waals surface area contributed by atoms with Gasteiger partial charge in [0.05, 0.1) is 17.7 Å². The van der Waals surface area contributed by atoms with E-state index >= 15 is 0 Å². The van der Waals surface area contributed by atoms with Crippen LogP contribution in [0.15, 0.2) is 46.9 Å². The minimum Gasteiger partial charge on any atom is -0.496 e. The molecule has 23 heavy (non-hydrogen) atoms. The van der Waals surface area contributed by atoms with Gasteiger partial charge in [0, 0.05) is 11.3 Å². The van der Waals surface area contributed by atoms with Crippen LogP contribution in [-0.4, -0.2) is 19.1 Å². The van der Waals surface area contributed by atoms with Crippen molar-refractivity contribution in [2.24, 2.45) is 0 Å². The zero-order chi connectivity index (χ0) is 16.8. The lowest BCUT2D eigenvalue weighted by Crippen LogP contribution is -2.13. The van der Waals surface area contributed by atoms with E-state index in [0.29, 0.717) is 22.7 Å². The lowest BCUT2D eigenvalue weighted by atomic mass is 10.2. The summed E-state index contributed by atoms with van der Waals surface area (Å²) >= 11 is 3.40. The highest BCUT2D eigenvalue weighted by Gasteiger charge is 2.10. The van der Waals surface area contributed by atoms with Gasteiger partial charge in [-0.2, -0.15) is 0 Å². The largest absolute Gasteiger partial charge is 0.496 e. The summed E-state index contributed by atoms with van der Waals surface area (Å²) in [5.74, 6) is 1.23. The Kier molecular flexibility index (Phi) is 6.04. The number of rotatable bonds is 6. The molecule has 1 N–H and O–H groups in total. The molecule has 0 heterocycles. The second-order valence-corrected chi connectivity index (χ2v) is 6.02. The Labute approximate surface area is 144 Å². The first-order valence-electron chi connectivity index (χ1n) is 7.45. The Morgan fingerprint density at radius 1 is 1.26 bits per heavy atom. The van der Waals surface area contributed by atoms with Gasteiger partial charge in [-0.3, -0.25) is 4.79 Å². The lowest BCUT2D eigenvalue weighted by Gasteiger charge is -2.13. The molecule has 2 rings (SSSR count). The summed E-state index contributed by atoms with van der Waals surface area (Å²) in [4.78, 5) is 12.4. The highest BCUT2D eigenvalue weighted by Crippen LogP contribution is 2.28. The number of benzene rings is 2. The van der Waals surface area contributed by atoms with Gasteiger partial charge in [0.25, 0.3) is 5.91 Å². The topological polar surface area (TPSA) is 47.6 Å². The van der Waals surface area contributed by atoms with Crippen LogP contribution in [0, 0.1) is 0 Å². The maximum absolute atomic E-state index is 12.4. The SMILES string of the molecule is CC[C@H](C)Oc1cccc(C(=O)Nc2ccc(OC)c(Br)c2)c1. The van der Waals surface area contributed by atoms with Crippen molar-refractivity contribution in [1.29, 1.82) is 0 Å². The van der Waals surface area contributed by atoms with Gasteiger partial charge in [0.2, 0.25) is 0 Å². The second kappa shape index (κ2) is 8.02. The Balaban J connectivity index is 2.11. The highest BCUT2D eigenvalue weighted by atomic mass is 79.9. The third-order valence-corrected chi connectivity index (χ3v) is 4.04. The number of methoxy groups -OCH3 is 1. The van der Waals surface area contributed by atoms with Crippen LogP contribution >= 0.6 is 15.9 Å². The van der Waals surface area contributed by atoms with E-state index < -0.39 is 0 Å². The van der Waals surface area contributed by atoms with Gasteiger partial charge >= 0.3 is 0 Å². The first-order valence-corrected chi connectivity index (χ1v) is 8.24. The van der Waals surface area contributed by atoms with Crippen molar-refractivity contribution in [1.82, 2.24) is 0 Å². The van der Waals surface area contributed by atoms with E-state index in [1.807, 2.05) is 19.1 Å². The average molecular weight is 378 g/mol. The van der Waals surface area contributed by atoms with Crippen molar-refractivity contribution < 1.29 is 14.3 Å². The summed E-state index contributed by atoms with van der Waals surface area (Å²) in [7, 11) is 1.60. The van der Waals surface area contributed by atoms with Crippen molar-refractivity contribution in [3.05, 3.63) is 52.5 Å². The molecule has 0 aromatic heterocycles. The van der Waals surface area contributed by atoms with E-state index in [4.69, 9.17) is 9.47 Å². The number of halogens is 1. The molecule has 5 heteroatoms. The Bertz CT molecular complexity index is 688. The van der Waals surface area contributed by atoms with Gasteiger partial charge in [0.1, 0.15) is 11.5 Å². The van der Waals surface area contributed by atoms with Crippen LogP contribution in [0.3, 0.4) is 0 Å². The zero-order valence-corrected chi connectivity index (χ0v) is 15.0. The van der Waals surface area contributed by atoms with Crippen LogP contribution in [0.5, 0.6) is 11.5 Å². The van der Waals surface area contributed by atoms with Gasteiger partial charge in [-0.25, -0.2) is 0 Å². The first-order chi connectivity index (χ1) is 11.0. The number of carbonyl (C=O) groups is 1. The van der Waals surface area contributed by atoms with Crippen molar-refractivity contribution >= 4 is 27.5 Å². The summed E-state index contributed by atoms with van der Waals surface area (Å²) in [5, 5.41) is 2.86. The van der Waals surface area contributed by atoms with Crippen molar-refractivity contribution in [3.63, 3.8) is 0 Å². The van der Waals surface area contributed by atoms with Gasteiger partial charge in [0.15, 0.2) is 0 Å². The maximum Gasteiger partial charge on any atom is 0.255 e. The number of hydrogen-bond acceptors (Lipinski definition) is 3. The highest BCUT2D eigenvalue weighted by molar-refractivity contribution is 9.10. The standard InChI is InChI=1S/C18H20BrNO3/c1-4-12(2)23-15-7-5-6-13(10-15)18(21)20-14-8-9-17(22-3)16(19)11-14/h5-12H,4H2,1-3H3,(H,20,21)/t12-/m0/s1. The molecule has 0 fully saturated rings. The molecular formula is C18H20BrNO3. The van der Waals surface area contributed by atoms with E-state index in [2.05, 4.69) is 28.2 Å². The number of ether oxygens (including phenoxy) is 2. The molecule has 0 unspecified atom stereocenters. The number of anilines is 1. The van der Waals surface area contributed by atoms with Crippen molar-refractivity contribution in [3.8, 4) is 11.5 Å². The predicted molar refractivity (Wildman–Crippen MR) is 95.5 cm³/mol.